The fourth-order valence-corrected chi connectivity index (χ4v) is 3.01. The zero-order valence-electron chi connectivity index (χ0n) is 15.0. The van der Waals surface area contributed by atoms with Crippen LogP contribution in [0.5, 0.6) is 11.5 Å². The SMILES string of the molecule is COc1ccc(CNC(=O)NCC2(c3ccc(F)cc3)CC2)cc1OC. The van der Waals surface area contributed by atoms with Crippen molar-refractivity contribution in [2.24, 2.45) is 0 Å². The summed E-state index contributed by atoms with van der Waals surface area (Å²) in [7, 11) is 3.16. The summed E-state index contributed by atoms with van der Waals surface area (Å²) in [4.78, 5) is 12.1. The quantitative estimate of drug-likeness (QED) is 0.798. The van der Waals surface area contributed by atoms with Crippen LogP contribution in [-0.2, 0) is 12.0 Å². The van der Waals surface area contributed by atoms with Crippen LogP contribution in [0.1, 0.15) is 24.0 Å². The van der Waals surface area contributed by atoms with Crippen LogP contribution in [0.25, 0.3) is 0 Å². The van der Waals surface area contributed by atoms with Gasteiger partial charge in [-0.3, -0.25) is 0 Å². The summed E-state index contributed by atoms with van der Waals surface area (Å²) < 4.78 is 23.5. The standard InChI is InChI=1S/C20H23FN2O3/c1-25-17-8-3-14(11-18(17)26-2)12-22-19(24)23-13-20(9-10-20)15-4-6-16(21)7-5-15/h3-8,11H,9-10,12-13H2,1-2H3,(H2,22,23,24). The number of ether oxygens (including phenoxy) is 2. The number of hydrogen-bond donors (Lipinski definition) is 2. The Morgan fingerprint density at radius 1 is 1.04 bits per heavy atom. The number of nitrogens with one attached hydrogen (secondary N) is 2. The molecule has 2 aromatic rings. The molecule has 1 saturated carbocycles. The smallest absolute Gasteiger partial charge is 0.315 e. The van der Waals surface area contributed by atoms with Crippen molar-refractivity contribution >= 4 is 6.03 Å². The maximum absolute atomic E-state index is 13.1. The van der Waals surface area contributed by atoms with E-state index in [9.17, 15) is 9.18 Å². The van der Waals surface area contributed by atoms with E-state index < -0.39 is 0 Å². The first-order valence-corrected chi connectivity index (χ1v) is 8.55. The number of benzene rings is 2. The first-order chi connectivity index (χ1) is 12.6. The van der Waals surface area contributed by atoms with Gasteiger partial charge in [0.25, 0.3) is 0 Å². The lowest BCUT2D eigenvalue weighted by Gasteiger charge is -2.17. The second-order valence-corrected chi connectivity index (χ2v) is 6.51. The Hall–Kier alpha value is -2.76. The number of urea groups is 1. The fraction of sp³-hybridized carbons (Fsp3) is 0.350. The number of methoxy groups -OCH3 is 2. The molecule has 138 valence electrons. The molecule has 1 aliphatic carbocycles. The van der Waals surface area contributed by atoms with E-state index in [1.54, 1.807) is 26.4 Å². The average Bonchev–Trinajstić information content (AvgIpc) is 3.46. The normalized spacial score (nSPS) is 14.4. The lowest BCUT2D eigenvalue weighted by atomic mass is 9.96. The van der Waals surface area contributed by atoms with Crippen LogP contribution in [0, 0.1) is 5.82 Å². The molecule has 2 amide bonds. The zero-order valence-corrected chi connectivity index (χ0v) is 15.0. The molecule has 0 radical (unpaired) electrons. The molecule has 0 atom stereocenters. The van der Waals surface area contributed by atoms with Crippen molar-refractivity contribution in [1.82, 2.24) is 10.6 Å². The van der Waals surface area contributed by atoms with Crippen LogP contribution in [-0.4, -0.2) is 26.8 Å². The largest absolute Gasteiger partial charge is 0.493 e. The Labute approximate surface area is 152 Å². The Balaban J connectivity index is 1.51. The highest BCUT2D eigenvalue weighted by Crippen LogP contribution is 2.47. The number of carbonyl (C=O) groups excluding carboxylic acids is 1. The van der Waals surface area contributed by atoms with Gasteiger partial charge in [-0.2, -0.15) is 0 Å². The van der Waals surface area contributed by atoms with Gasteiger partial charge in [0.15, 0.2) is 11.5 Å². The molecule has 2 aromatic carbocycles. The van der Waals surface area contributed by atoms with E-state index in [1.807, 2.05) is 18.2 Å². The molecule has 0 unspecified atom stereocenters. The summed E-state index contributed by atoms with van der Waals surface area (Å²) in [6.45, 7) is 0.923. The van der Waals surface area contributed by atoms with E-state index in [1.165, 1.54) is 12.1 Å². The van der Waals surface area contributed by atoms with E-state index in [-0.39, 0.29) is 17.3 Å². The van der Waals surface area contributed by atoms with Crippen molar-refractivity contribution in [2.75, 3.05) is 20.8 Å². The second-order valence-electron chi connectivity index (χ2n) is 6.51. The predicted octanol–water partition coefficient (Wildman–Crippen LogP) is 3.37. The van der Waals surface area contributed by atoms with Gasteiger partial charge in [-0.15, -0.1) is 0 Å². The molecule has 0 saturated heterocycles. The van der Waals surface area contributed by atoms with Gasteiger partial charge in [-0.25, -0.2) is 9.18 Å². The second kappa shape index (κ2) is 7.64. The van der Waals surface area contributed by atoms with Gasteiger partial charge < -0.3 is 20.1 Å². The van der Waals surface area contributed by atoms with Gasteiger partial charge >= 0.3 is 6.03 Å². The monoisotopic (exact) mass is 358 g/mol. The van der Waals surface area contributed by atoms with Gasteiger partial charge in [-0.1, -0.05) is 18.2 Å². The molecular weight excluding hydrogens is 335 g/mol. The number of carbonyl (C=O) groups is 1. The molecule has 0 aromatic heterocycles. The molecule has 0 bridgehead atoms. The molecule has 26 heavy (non-hydrogen) atoms. The van der Waals surface area contributed by atoms with E-state index in [4.69, 9.17) is 9.47 Å². The lowest BCUT2D eigenvalue weighted by Crippen LogP contribution is -2.39. The highest BCUT2D eigenvalue weighted by atomic mass is 19.1. The molecule has 0 heterocycles. The molecule has 0 aliphatic heterocycles. The van der Waals surface area contributed by atoms with Crippen molar-refractivity contribution in [3.63, 3.8) is 0 Å². The minimum absolute atomic E-state index is 0.0611. The highest BCUT2D eigenvalue weighted by Gasteiger charge is 2.44. The summed E-state index contributed by atoms with van der Waals surface area (Å²) in [5, 5.41) is 5.76. The molecule has 0 spiro atoms. The maximum Gasteiger partial charge on any atom is 0.315 e. The summed E-state index contributed by atoms with van der Waals surface area (Å²) >= 11 is 0. The predicted molar refractivity (Wildman–Crippen MR) is 97.1 cm³/mol. The third-order valence-corrected chi connectivity index (χ3v) is 4.80. The van der Waals surface area contributed by atoms with Crippen molar-refractivity contribution in [1.29, 1.82) is 0 Å². The lowest BCUT2D eigenvalue weighted by molar-refractivity contribution is 0.239. The maximum atomic E-state index is 13.1. The van der Waals surface area contributed by atoms with Crippen LogP contribution >= 0.6 is 0 Å². The third kappa shape index (κ3) is 4.07. The van der Waals surface area contributed by atoms with Gasteiger partial charge in [0.05, 0.1) is 14.2 Å². The van der Waals surface area contributed by atoms with E-state index >= 15 is 0 Å². The van der Waals surface area contributed by atoms with E-state index in [0.717, 1.165) is 24.0 Å². The summed E-state index contributed by atoms with van der Waals surface area (Å²) in [5.74, 6) is 1.03. The van der Waals surface area contributed by atoms with Crippen molar-refractivity contribution in [3.05, 3.63) is 59.4 Å². The van der Waals surface area contributed by atoms with Crippen molar-refractivity contribution in [3.8, 4) is 11.5 Å². The summed E-state index contributed by atoms with van der Waals surface area (Å²) in [6, 6.07) is 11.8. The molecule has 1 fully saturated rings. The molecule has 6 heteroatoms. The van der Waals surface area contributed by atoms with Gasteiger partial charge in [0, 0.05) is 18.5 Å². The minimum Gasteiger partial charge on any atom is -0.493 e. The fourth-order valence-electron chi connectivity index (χ4n) is 3.01. The Bertz CT molecular complexity index is 773. The minimum atomic E-state index is -0.245. The Morgan fingerprint density at radius 3 is 2.35 bits per heavy atom. The van der Waals surface area contributed by atoms with Crippen molar-refractivity contribution in [2.45, 2.75) is 24.8 Å². The molecule has 1 aliphatic rings. The number of hydrogen-bond acceptors (Lipinski definition) is 3. The number of halogens is 1. The van der Waals surface area contributed by atoms with Crippen LogP contribution in [0.3, 0.4) is 0 Å². The van der Waals surface area contributed by atoms with Crippen molar-refractivity contribution < 1.29 is 18.7 Å². The topological polar surface area (TPSA) is 59.6 Å². The third-order valence-electron chi connectivity index (χ3n) is 4.80. The summed E-state index contributed by atoms with van der Waals surface area (Å²) in [6.07, 6.45) is 1.99. The number of rotatable bonds is 7. The molecule has 5 nitrogen and oxygen atoms in total. The number of amides is 2. The van der Waals surface area contributed by atoms with Crippen LogP contribution in [0.4, 0.5) is 9.18 Å². The molecular formula is C20H23FN2O3. The van der Waals surface area contributed by atoms with E-state index in [0.29, 0.717) is 24.6 Å². The van der Waals surface area contributed by atoms with Crippen LogP contribution < -0.4 is 20.1 Å². The summed E-state index contributed by atoms with van der Waals surface area (Å²) in [5.41, 5.74) is 1.92. The van der Waals surface area contributed by atoms with Gasteiger partial charge in [0.2, 0.25) is 0 Å². The van der Waals surface area contributed by atoms with Crippen LogP contribution in [0.2, 0.25) is 0 Å². The van der Waals surface area contributed by atoms with Crippen LogP contribution in [0.15, 0.2) is 42.5 Å². The first-order valence-electron chi connectivity index (χ1n) is 8.55. The Morgan fingerprint density at radius 2 is 1.73 bits per heavy atom. The molecule has 2 N–H and O–H groups in total. The zero-order chi connectivity index (χ0) is 18.6. The highest BCUT2D eigenvalue weighted by molar-refractivity contribution is 5.74. The van der Waals surface area contributed by atoms with Gasteiger partial charge in [-0.05, 0) is 48.2 Å². The average molecular weight is 358 g/mol. The van der Waals surface area contributed by atoms with Gasteiger partial charge in [0.1, 0.15) is 5.82 Å². The molecule has 3 rings (SSSR count). The van der Waals surface area contributed by atoms with E-state index in [2.05, 4.69) is 10.6 Å². The first kappa shape index (κ1) is 18.0. The Kier molecular flexibility index (Phi) is 5.30.